The summed E-state index contributed by atoms with van der Waals surface area (Å²) in [6.07, 6.45) is -3.47. The molecule has 18 heavy (non-hydrogen) atoms. The Morgan fingerprint density at radius 3 is 1.56 bits per heavy atom. The van der Waals surface area contributed by atoms with Gasteiger partial charge in [0.2, 0.25) is 0 Å². The van der Waals surface area contributed by atoms with E-state index in [1.54, 1.807) is 0 Å². The number of aliphatic hydroxyl groups excluding tert-OH is 1. The molecule has 0 rings (SSSR count). The number of hydrogen-bond donors (Lipinski definition) is 1. The Labute approximate surface area is 107 Å². The second-order valence-corrected chi connectivity index (χ2v) is 7.10. The molecule has 0 aromatic rings. The molecule has 0 saturated heterocycles. The number of rotatable bonds is 7. The Hall–Kier alpha value is -0.0300. The minimum Gasteiger partial charge on any atom is -0.386 e. The van der Waals surface area contributed by atoms with Gasteiger partial charge < -0.3 is 14.2 Å². The molecule has 1 unspecified atom stereocenters. The smallest absolute Gasteiger partial charge is 0.386 e. The standard InChI is InChI=1S/C11H23F2O4P/c1-7(2)10(14)11(12,13)18(15,16-8(3)4)17-9(5)6/h7-10,14H,1-6H3. The average molecular weight is 288 g/mol. The fraction of sp³-hybridized carbons (Fsp3) is 1.00. The van der Waals surface area contributed by atoms with Crippen LogP contribution in [0.5, 0.6) is 0 Å². The van der Waals surface area contributed by atoms with E-state index in [4.69, 9.17) is 9.05 Å². The predicted octanol–water partition coefficient (Wildman–Crippen LogP) is 3.64. The summed E-state index contributed by atoms with van der Waals surface area (Å²) in [4.78, 5) is 0. The second-order valence-electron chi connectivity index (χ2n) is 5.08. The molecule has 0 spiro atoms. The van der Waals surface area contributed by atoms with Crippen LogP contribution in [-0.4, -0.2) is 29.1 Å². The number of alkyl halides is 2. The number of halogens is 2. The van der Waals surface area contributed by atoms with Crippen LogP contribution in [-0.2, 0) is 13.6 Å². The van der Waals surface area contributed by atoms with Gasteiger partial charge in [0.25, 0.3) is 0 Å². The Morgan fingerprint density at radius 1 is 1.00 bits per heavy atom. The van der Waals surface area contributed by atoms with Crippen molar-refractivity contribution in [2.24, 2.45) is 5.92 Å². The van der Waals surface area contributed by atoms with Crippen LogP contribution < -0.4 is 0 Å². The molecule has 4 nitrogen and oxygen atoms in total. The Morgan fingerprint density at radius 2 is 1.33 bits per heavy atom. The van der Waals surface area contributed by atoms with Crippen LogP contribution in [0.1, 0.15) is 41.5 Å². The first kappa shape index (κ1) is 18.0. The van der Waals surface area contributed by atoms with E-state index >= 15 is 0 Å². The molecular formula is C11H23F2O4P. The maximum absolute atomic E-state index is 14.1. The third-order valence-electron chi connectivity index (χ3n) is 2.05. The van der Waals surface area contributed by atoms with E-state index in [0.29, 0.717) is 0 Å². The van der Waals surface area contributed by atoms with Crippen LogP contribution in [0.25, 0.3) is 0 Å². The summed E-state index contributed by atoms with van der Waals surface area (Å²) in [5.41, 5.74) is -3.93. The van der Waals surface area contributed by atoms with Crippen LogP contribution in [0.4, 0.5) is 8.78 Å². The van der Waals surface area contributed by atoms with E-state index in [2.05, 4.69) is 0 Å². The van der Waals surface area contributed by atoms with Crippen molar-refractivity contribution < 1.29 is 27.5 Å². The van der Waals surface area contributed by atoms with Crippen LogP contribution in [0.3, 0.4) is 0 Å². The second kappa shape index (κ2) is 6.42. The molecule has 0 aromatic carbocycles. The summed E-state index contributed by atoms with van der Waals surface area (Å²) in [6, 6.07) is 0. The lowest BCUT2D eigenvalue weighted by molar-refractivity contribution is -0.0897. The van der Waals surface area contributed by atoms with E-state index in [1.807, 2.05) is 0 Å². The summed E-state index contributed by atoms with van der Waals surface area (Å²) < 4.78 is 50.0. The molecule has 1 atom stereocenters. The normalized spacial score (nSPS) is 15.8. The fourth-order valence-corrected chi connectivity index (χ4v) is 3.35. The quantitative estimate of drug-likeness (QED) is 0.727. The maximum Gasteiger partial charge on any atom is 0.402 e. The van der Waals surface area contributed by atoms with Gasteiger partial charge in [0.1, 0.15) is 6.10 Å². The van der Waals surface area contributed by atoms with Crippen LogP contribution in [0.2, 0.25) is 0 Å². The largest absolute Gasteiger partial charge is 0.402 e. The molecule has 110 valence electrons. The first-order chi connectivity index (χ1) is 7.94. The summed E-state index contributed by atoms with van der Waals surface area (Å²) >= 11 is 0. The number of hydrogen-bond acceptors (Lipinski definition) is 4. The summed E-state index contributed by atoms with van der Waals surface area (Å²) in [7, 11) is -4.73. The molecule has 0 saturated carbocycles. The Balaban J connectivity index is 5.35. The van der Waals surface area contributed by atoms with E-state index < -0.39 is 37.5 Å². The predicted molar refractivity (Wildman–Crippen MR) is 65.8 cm³/mol. The van der Waals surface area contributed by atoms with Gasteiger partial charge in [0.05, 0.1) is 12.2 Å². The van der Waals surface area contributed by atoms with Crippen LogP contribution in [0.15, 0.2) is 0 Å². The van der Waals surface area contributed by atoms with E-state index in [0.717, 1.165) is 0 Å². The molecule has 1 N–H and O–H groups in total. The molecule has 0 aliphatic carbocycles. The van der Waals surface area contributed by atoms with Crippen molar-refractivity contribution in [3.63, 3.8) is 0 Å². The Kier molecular flexibility index (Phi) is 6.41. The molecule has 0 fully saturated rings. The van der Waals surface area contributed by atoms with Gasteiger partial charge in [-0.3, -0.25) is 4.57 Å². The first-order valence-corrected chi connectivity index (χ1v) is 7.51. The SMILES string of the molecule is CC(C)OP(=O)(OC(C)C)C(F)(F)C(O)C(C)C. The zero-order chi connectivity index (χ0) is 14.7. The highest BCUT2D eigenvalue weighted by molar-refractivity contribution is 7.55. The van der Waals surface area contributed by atoms with Crippen LogP contribution >= 0.6 is 7.60 Å². The van der Waals surface area contributed by atoms with Gasteiger partial charge in [-0.2, -0.15) is 8.78 Å². The minimum atomic E-state index is -4.73. The topological polar surface area (TPSA) is 55.8 Å². The highest BCUT2D eigenvalue weighted by Crippen LogP contribution is 2.65. The molecule has 7 heteroatoms. The number of aliphatic hydroxyl groups is 1. The monoisotopic (exact) mass is 288 g/mol. The third-order valence-corrected chi connectivity index (χ3v) is 4.44. The molecule has 0 aliphatic heterocycles. The van der Waals surface area contributed by atoms with Gasteiger partial charge in [-0.1, -0.05) is 13.8 Å². The maximum atomic E-state index is 14.1. The average Bonchev–Trinajstić information content (AvgIpc) is 2.13. The highest BCUT2D eigenvalue weighted by atomic mass is 31.2. The molecule has 0 amide bonds. The first-order valence-electron chi connectivity index (χ1n) is 5.97. The van der Waals surface area contributed by atoms with Crippen LogP contribution in [0, 0.1) is 5.92 Å². The van der Waals surface area contributed by atoms with Gasteiger partial charge in [-0.05, 0) is 33.6 Å². The minimum absolute atomic E-state index is 0.695. The molecule has 0 bridgehead atoms. The van der Waals surface area contributed by atoms with Crippen molar-refractivity contribution in [2.45, 2.75) is 65.5 Å². The molecule has 0 heterocycles. The van der Waals surface area contributed by atoms with Crippen molar-refractivity contribution in [3.05, 3.63) is 0 Å². The van der Waals surface area contributed by atoms with E-state index in [9.17, 15) is 18.5 Å². The zero-order valence-electron chi connectivity index (χ0n) is 11.7. The van der Waals surface area contributed by atoms with E-state index in [1.165, 1.54) is 41.5 Å². The Bertz CT molecular complexity index is 291. The van der Waals surface area contributed by atoms with Gasteiger partial charge >= 0.3 is 13.3 Å². The van der Waals surface area contributed by atoms with Gasteiger partial charge in [-0.15, -0.1) is 0 Å². The van der Waals surface area contributed by atoms with Gasteiger partial charge in [-0.25, -0.2) is 0 Å². The van der Waals surface area contributed by atoms with Gasteiger partial charge in [0.15, 0.2) is 0 Å². The van der Waals surface area contributed by atoms with Crippen molar-refractivity contribution in [3.8, 4) is 0 Å². The fourth-order valence-electron chi connectivity index (χ4n) is 1.28. The zero-order valence-corrected chi connectivity index (χ0v) is 12.6. The summed E-state index contributed by atoms with van der Waals surface area (Å²) in [5.74, 6) is -0.764. The highest BCUT2D eigenvalue weighted by Gasteiger charge is 2.60. The lowest BCUT2D eigenvalue weighted by Gasteiger charge is -2.33. The summed E-state index contributed by atoms with van der Waals surface area (Å²) in [5, 5.41) is 9.53. The van der Waals surface area contributed by atoms with Crippen molar-refractivity contribution in [2.75, 3.05) is 0 Å². The molecule has 0 aliphatic rings. The lowest BCUT2D eigenvalue weighted by atomic mass is 10.1. The summed E-state index contributed by atoms with van der Waals surface area (Å²) in [6.45, 7) is 8.74. The molecular weight excluding hydrogens is 265 g/mol. The van der Waals surface area contributed by atoms with E-state index in [-0.39, 0.29) is 0 Å². The van der Waals surface area contributed by atoms with Crippen molar-refractivity contribution >= 4 is 7.60 Å². The van der Waals surface area contributed by atoms with Crippen molar-refractivity contribution in [1.82, 2.24) is 0 Å². The van der Waals surface area contributed by atoms with Gasteiger partial charge in [0, 0.05) is 0 Å². The molecule has 0 aromatic heterocycles. The third kappa shape index (κ3) is 4.26. The molecule has 0 radical (unpaired) electrons. The lowest BCUT2D eigenvalue weighted by Crippen LogP contribution is -2.39. The van der Waals surface area contributed by atoms with Crippen molar-refractivity contribution in [1.29, 1.82) is 0 Å².